The summed E-state index contributed by atoms with van der Waals surface area (Å²) < 4.78 is 44.9. The Balaban J connectivity index is 1.81. The van der Waals surface area contributed by atoms with E-state index in [2.05, 4.69) is 15.3 Å². The first-order valence-electron chi connectivity index (χ1n) is 11.9. The molecular weight excluding hydrogens is 469 g/mol. The van der Waals surface area contributed by atoms with Crippen LogP contribution in [0.5, 0.6) is 0 Å². The number of benzene rings is 2. The number of alkyl halides is 2. The summed E-state index contributed by atoms with van der Waals surface area (Å²) in [4.78, 5) is 23.7. The Kier molecular flexibility index (Phi) is 6.06. The van der Waals surface area contributed by atoms with Gasteiger partial charge < -0.3 is 15.3 Å². The second-order valence-electron chi connectivity index (χ2n) is 10.3. The molecule has 1 aliphatic heterocycles. The molecule has 0 spiro atoms. The highest BCUT2D eigenvalue weighted by Gasteiger charge is 2.49. The number of carbonyl (C=O) groups is 1. The first-order chi connectivity index (χ1) is 16.6. The summed E-state index contributed by atoms with van der Waals surface area (Å²) in [6.07, 6.45) is 0.605. The number of aliphatic hydroxyl groups is 1. The average molecular weight is 501 g/mol. The molecule has 1 aromatic heterocycles. The van der Waals surface area contributed by atoms with Gasteiger partial charge in [0.2, 0.25) is 5.91 Å². The zero-order chi connectivity index (χ0) is 26.8. The number of nitrogens with zero attached hydrogens (tertiary/aromatic N) is 3. The lowest BCUT2D eigenvalue weighted by Gasteiger charge is -2.30. The fourth-order valence-corrected chi connectivity index (χ4v) is 4.79. The molecule has 3 aromatic rings. The molecule has 4 rings (SSSR count). The van der Waals surface area contributed by atoms with Gasteiger partial charge in [0, 0.05) is 23.7 Å². The van der Waals surface area contributed by atoms with Gasteiger partial charge >= 0.3 is 5.92 Å². The van der Waals surface area contributed by atoms with Gasteiger partial charge in [-0.15, -0.1) is 0 Å². The van der Waals surface area contributed by atoms with Gasteiger partial charge in [-0.25, -0.2) is 14.4 Å². The van der Waals surface area contributed by atoms with E-state index in [1.165, 1.54) is 12.1 Å². The van der Waals surface area contributed by atoms with E-state index < -0.39 is 34.4 Å². The topological polar surface area (TPSA) is 78.4 Å². The lowest BCUT2D eigenvalue weighted by Crippen LogP contribution is -2.41. The quantitative estimate of drug-likeness (QED) is 0.450. The van der Waals surface area contributed by atoms with E-state index in [9.17, 15) is 18.7 Å². The molecule has 0 bridgehead atoms. The number of aromatic nitrogens is 2. The predicted molar refractivity (Wildman–Crippen MR) is 134 cm³/mol. The number of likely N-dealkylation sites (N-methyl/N-ethyl adjacent to an activating group) is 1. The van der Waals surface area contributed by atoms with Crippen molar-refractivity contribution in [3.05, 3.63) is 58.7 Å². The predicted octanol–water partition coefficient (Wildman–Crippen LogP) is 5.76. The summed E-state index contributed by atoms with van der Waals surface area (Å²) in [7, 11) is 1.74. The Morgan fingerprint density at radius 3 is 2.50 bits per heavy atom. The number of amides is 1. The number of hydrogen-bond donors (Lipinski definition) is 2. The molecule has 0 aliphatic carbocycles. The van der Waals surface area contributed by atoms with Crippen LogP contribution < -0.4 is 10.2 Å². The van der Waals surface area contributed by atoms with Gasteiger partial charge in [-0.2, -0.15) is 8.78 Å². The fourth-order valence-electron chi connectivity index (χ4n) is 4.79. The summed E-state index contributed by atoms with van der Waals surface area (Å²) in [6.45, 7) is 9.12. The molecule has 1 amide bonds. The van der Waals surface area contributed by atoms with E-state index >= 15 is 4.39 Å². The van der Waals surface area contributed by atoms with Gasteiger partial charge in [-0.3, -0.25) is 4.79 Å². The van der Waals surface area contributed by atoms with Crippen molar-refractivity contribution in [3.8, 4) is 0 Å². The van der Waals surface area contributed by atoms with Crippen LogP contribution in [0.3, 0.4) is 0 Å². The number of rotatable bonds is 6. The van der Waals surface area contributed by atoms with Crippen molar-refractivity contribution in [2.75, 3.05) is 17.3 Å². The summed E-state index contributed by atoms with van der Waals surface area (Å²) in [6, 6.07) is 6.74. The smallest absolute Gasteiger partial charge is 0.303 e. The zero-order valence-electron chi connectivity index (χ0n) is 21.5. The lowest BCUT2D eigenvalue weighted by molar-refractivity contribution is -0.170. The maximum absolute atomic E-state index is 15.4. The van der Waals surface area contributed by atoms with Gasteiger partial charge in [0.1, 0.15) is 23.1 Å². The van der Waals surface area contributed by atoms with Crippen LogP contribution in [-0.2, 0) is 16.1 Å². The summed E-state index contributed by atoms with van der Waals surface area (Å²) >= 11 is 0. The number of halogens is 3. The highest BCUT2D eigenvalue weighted by molar-refractivity contribution is 6.10. The second-order valence-corrected chi connectivity index (χ2v) is 10.3. The van der Waals surface area contributed by atoms with E-state index in [-0.39, 0.29) is 11.5 Å². The zero-order valence-corrected chi connectivity index (χ0v) is 21.5. The van der Waals surface area contributed by atoms with Crippen molar-refractivity contribution in [2.45, 2.75) is 70.9 Å². The highest BCUT2D eigenvalue weighted by atomic mass is 19.3. The van der Waals surface area contributed by atoms with E-state index in [1.807, 2.05) is 26.0 Å². The van der Waals surface area contributed by atoms with Gasteiger partial charge in [-0.05, 0) is 64.8 Å². The van der Waals surface area contributed by atoms with Crippen molar-refractivity contribution in [2.24, 2.45) is 0 Å². The van der Waals surface area contributed by atoms with Gasteiger partial charge in [-0.1, -0.05) is 19.1 Å². The fraction of sp³-hybridized carbons (Fsp3) is 0.444. The molecule has 2 N–H and O–H groups in total. The first-order valence-corrected chi connectivity index (χ1v) is 11.9. The molecule has 1 aliphatic rings. The Bertz CT molecular complexity index is 1370. The summed E-state index contributed by atoms with van der Waals surface area (Å²) in [5, 5.41) is 13.7. The summed E-state index contributed by atoms with van der Waals surface area (Å²) in [5.41, 5.74) is -1.76. The van der Waals surface area contributed by atoms with E-state index in [1.54, 1.807) is 25.8 Å². The maximum atomic E-state index is 15.4. The van der Waals surface area contributed by atoms with Crippen molar-refractivity contribution < 1.29 is 23.1 Å². The molecule has 2 atom stereocenters. The number of nitrogens with one attached hydrogen (secondary N) is 1. The van der Waals surface area contributed by atoms with Crippen LogP contribution in [0.15, 0.2) is 30.3 Å². The van der Waals surface area contributed by atoms with Crippen molar-refractivity contribution in [1.29, 1.82) is 0 Å². The minimum absolute atomic E-state index is 0.00511. The first kappa shape index (κ1) is 25.9. The molecule has 9 heteroatoms. The molecule has 0 saturated carbocycles. The Labute approximate surface area is 208 Å². The minimum Gasteiger partial charge on any atom is -0.384 e. The number of hydrogen-bond acceptors (Lipinski definition) is 5. The molecule has 1 unspecified atom stereocenters. The SMILES string of the molecule is CC[C@]1(C)C(=O)N(C)c2cc3nc(C)nc(NC(C)c4cccc(C(F)(F)C(C)(C)O)c4F)c3cc21. The maximum Gasteiger partial charge on any atom is 0.303 e. The van der Waals surface area contributed by atoms with Crippen LogP contribution in [0.1, 0.15) is 69.6 Å². The number of fused-ring (bicyclic) bond motifs is 2. The number of aryl methyl sites for hydroxylation is 1. The Morgan fingerprint density at radius 1 is 1.22 bits per heavy atom. The van der Waals surface area contributed by atoms with E-state index in [4.69, 9.17) is 0 Å². The molecule has 0 saturated heterocycles. The molecule has 2 heterocycles. The van der Waals surface area contributed by atoms with Crippen molar-refractivity contribution >= 4 is 28.3 Å². The van der Waals surface area contributed by atoms with Crippen LogP contribution >= 0.6 is 0 Å². The Morgan fingerprint density at radius 2 is 1.89 bits per heavy atom. The van der Waals surface area contributed by atoms with Crippen molar-refractivity contribution in [1.82, 2.24) is 9.97 Å². The Hall–Kier alpha value is -3.20. The monoisotopic (exact) mass is 500 g/mol. The third-order valence-corrected chi connectivity index (χ3v) is 7.32. The molecule has 192 valence electrons. The largest absolute Gasteiger partial charge is 0.384 e. The summed E-state index contributed by atoms with van der Waals surface area (Å²) in [5.74, 6) is -4.02. The molecule has 6 nitrogen and oxygen atoms in total. The van der Waals surface area contributed by atoms with Crippen LogP contribution in [0.2, 0.25) is 0 Å². The molecule has 0 fully saturated rings. The van der Waals surface area contributed by atoms with E-state index in [0.717, 1.165) is 31.2 Å². The van der Waals surface area contributed by atoms with Crippen molar-refractivity contribution in [3.63, 3.8) is 0 Å². The minimum atomic E-state index is -3.80. The lowest BCUT2D eigenvalue weighted by atomic mass is 9.81. The molecule has 0 radical (unpaired) electrons. The molecule has 2 aromatic carbocycles. The van der Waals surface area contributed by atoms with Crippen LogP contribution in [-0.4, -0.2) is 33.6 Å². The second kappa shape index (κ2) is 8.44. The average Bonchev–Trinajstić information content (AvgIpc) is 2.98. The third-order valence-electron chi connectivity index (χ3n) is 7.32. The standard InChI is InChI=1S/C27H31F3N4O2/c1-8-26(6)19-12-17-20(13-21(19)34(7)24(26)35)32-15(3)33-23(17)31-14(2)16-10-9-11-18(22(16)28)27(29,30)25(4,5)36/h9-14,36H,8H2,1-7H3,(H,31,32,33)/t14?,26-/m0/s1. The molecular formula is C27H31F3N4O2. The van der Waals surface area contributed by atoms with Gasteiger partial charge in [0.25, 0.3) is 0 Å². The molecule has 36 heavy (non-hydrogen) atoms. The van der Waals surface area contributed by atoms with Crippen LogP contribution in [0, 0.1) is 12.7 Å². The highest BCUT2D eigenvalue weighted by Crippen LogP contribution is 2.46. The van der Waals surface area contributed by atoms with Crippen LogP contribution in [0.25, 0.3) is 10.9 Å². The van der Waals surface area contributed by atoms with Crippen LogP contribution in [0.4, 0.5) is 24.7 Å². The van der Waals surface area contributed by atoms with Gasteiger partial charge in [0.15, 0.2) is 0 Å². The number of anilines is 2. The van der Waals surface area contributed by atoms with E-state index in [0.29, 0.717) is 29.0 Å². The third kappa shape index (κ3) is 3.80. The number of carbonyl (C=O) groups excluding carboxylic acids is 1. The van der Waals surface area contributed by atoms with Gasteiger partial charge in [0.05, 0.1) is 22.5 Å². The normalized spacial score (nSPS) is 19.1.